The number of benzene rings is 4. The molecule has 1 N–H and O–H groups in total. The average molecular weight is 693 g/mol. The van der Waals surface area contributed by atoms with Crippen LogP contribution in [0.3, 0.4) is 0 Å². The number of nitrogens with one attached hydrogen (secondary N) is 1. The predicted molar refractivity (Wildman–Crippen MR) is 177 cm³/mol. The van der Waals surface area contributed by atoms with Crippen LogP contribution in [-0.4, -0.2) is 44.3 Å². The van der Waals surface area contributed by atoms with Crippen LogP contribution in [0.1, 0.15) is 18.1 Å². The van der Waals surface area contributed by atoms with E-state index in [1.54, 1.807) is 43.3 Å². The Labute approximate surface area is 277 Å². The van der Waals surface area contributed by atoms with Gasteiger partial charge < -0.3 is 10.2 Å². The van der Waals surface area contributed by atoms with E-state index in [4.69, 9.17) is 46.4 Å². The Hall–Kier alpha value is -3.27. The van der Waals surface area contributed by atoms with Crippen LogP contribution in [0.5, 0.6) is 0 Å². The van der Waals surface area contributed by atoms with E-state index in [0.717, 1.165) is 9.87 Å². The quantitative estimate of drug-likeness (QED) is 0.169. The summed E-state index contributed by atoms with van der Waals surface area (Å²) in [6.07, 6.45) is 0.163. The largest absolute Gasteiger partial charge is 0.355 e. The number of hydrogen-bond donors (Lipinski definition) is 1. The molecule has 0 fully saturated rings. The number of sulfonamides is 1. The van der Waals surface area contributed by atoms with Gasteiger partial charge in [-0.1, -0.05) is 101 Å². The minimum atomic E-state index is -4.31. The highest BCUT2D eigenvalue weighted by molar-refractivity contribution is 7.92. The van der Waals surface area contributed by atoms with E-state index < -0.39 is 34.4 Å². The van der Waals surface area contributed by atoms with Gasteiger partial charge in [-0.3, -0.25) is 13.9 Å². The van der Waals surface area contributed by atoms with Crippen LogP contribution >= 0.6 is 46.4 Å². The van der Waals surface area contributed by atoms with E-state index in [1.165, 1.54) is 35.2 Å². The topological polar surface area (TPSA) is 86.8 Å². The van der Waals surface area contributed by atoms with Gasteiger partial charge in [-0.2, -0.15) is 0 Å². The van der Waals surface area contributed by atoms with Crippen LogP contribution in [0, 0.1) is 0 Å². The molecule has 12 heteroatoms. The van der Waals surface area contributed by atoms with Gasteiger partial charge in [-0.15, -0.1) is 0 Å². The zero-order valence-electron chi connectivity index (χ0n) is 23.6. The molecule has 230 valence electrons. The van der Waals surface area contributed by atoms with Gasteiger partial charge >= 0.3 is 0 Å². The van der Waals surface area contributed by atoms with Crippen molar-refractivity contribution >= 4 is 73.9 Å². The lowest BCUT2D eigenvalue weighted by molar-refractivity contribution is -0.140. The lowest BCUT2D eigenvalue weighted by atomic mass is 10.0. The number of nitrogens with zero attached hydrogens (tertiary/aromatic N) is 2. The number of halogens is 4. The average Bonchev–Trinajstić information content (AvgIpc) is 3.00. The second-order valence-corrected chi connectivity index (χ2v) is 13.3. The number of rotatable bonds is 12. The molecule has 0 saturated heterocycles. The van der Waals surface area contributed by atoms with Crippen molar-refractivity contribution in [2.24, 2.45) is 0 Å². The van der Waals surface area contributed by atoms with E-state index in [-0.39, 0.29) is 28.6 Å². The molecule has 0 aliphatic heterocycles. The molecule has 0 spiro atoms. The number of amides is 2. The van der Waals surface area contributed by atoms with Gasteiger partial charge in [0.05, 0.1) is 15.6 Å². The monoisotopic (exact) mass is 691 g/mol. The maximum absolute atomic E-state index is 14.4. The summed E-state index contributed by atoms with van der Waals surface area (Å²) >= 11 is 25.3. The van der Waals surface area contributed by atoms with Crippen molar-refractivity contribution < 1.29 is 18.0 Å². The van der Waals surface area contributed by atoms with Crippen LogP contribution in [0.4, 0.5) is 5.69 Å². The predicted octanol–water partition coefficient (Wildman–Crippen LogP) is 7.27. The molecule has 0 aliphatic carbocycles. The number of likely N-dealkylation sites (N-methyl/N-ethyl adjacent to an activating group) is 1. The summed E-state index contributed by atoms with van der Waals surface area (Å²) in [5, 5.41) is 3.83. The maximum atomic E-state index is 14.4. The number of hydrogen-bond acceptors (Lipinski definition) is 4. The van der Waals surface area contributed by atoms with E-state index in [0.29, 0.717) is 27.2 Å². The highest BCUT2D eigenvalue weighted by atomic mass is 35.5. The molecular weight excluding hydrogens is 664 g/mol. The van der Waals surface area contributed by atoms with Gasteiger partial charge in [0.15, 0.2) is 0 Å². The first kappa shape index (κ1) is 33.6. The summed E-state index contributed by atoms with van der Waals surface area (Å²) in [6, 6.07) is 25.1. The molecule has 0 heterocycles. The molecule has 0 saturated carbocycles. The molecule has 0 bridgehead atoms. The highest BCUT2D eigenvalue weighted by Crippen LogP contribution is 2.33. The molecular formula is C32H29Cl4N3O4S. The Morgan fingerprint density at radius 1 is 0.795 bits per heavy atom. The first-order valence-corrected chi connectivity index (χ1v) is 16.5. The van der Waals surface area contributed by atoms with Crippen molar-refractivity contribution in [1.82, 2.24) is 10.2 Å². The molecule has 0 aromatic heterocycles. The van der Waals surface area contributed by atoms with E-state index >= 15 is 0 Å². The van der Waals surface area contributed by atoms with Crippen LogP contribution in [0.2, 0.25) is 20.1 Å². The van der Waals surface area contributed by atoms with Gasteiger partial charge in [-0.05, 0) is 60.5 Å². The lowest BCUT2D eigenvalue weighted by Crippen LogP contribution is -2.53. The fraction of sp³-hybridized carbons (Fsp3) is 0.188. The Morgan fingerprint density at radius 3 is 1.98 bits per heavy atom. The minimum absolute atomic E-state index is 0.0293. The molecule has 1 atom stereocenters. The summed E-state index contributed by atoms with van der Waals surface area (Å²) in [7, 11) is -4.31. The first-order chi connectivity index (χ1) is 21.0. The van der Waals surface area contributed by atoms with Gasteiger partial charge in [0, 0.05) is 34.6 Å². The fourth-order valence-corrected chi connectivity index (χ4v) is 7.08. The molecule has 2 amide bonds. The molecule has 4 aromatic carbocycles. The Bertz CT molecular complexity index is 1720. The van der Waals surface area contributed by atoms with E-state index in [1.807, 2.05) is 30.3 Å². The van der Waals surface area contributed by atoms with E-state index in [2.05, 4.69) is 5.32 Å². The number of anilines is 1. The number of carbonyl (C=O) groups is 2. The van der Waals surface area contributed by atoms with Crippen molar-refractivity contribution in [2.45, 2.75) is 30.8 Å². The molecule has 7 nitrogen and oxygen atoms in total. The van der Waals surface area contributed by atoms with Crippen molar-refractivity contribution in [3.05, 3.63) is 128 Å². The van der Waals surface area contributed by atoms with Crippen molar-refractivity contribution in [1.29, 1.82) is 0 Å². The molecule has 4 aromatic rings. The van der Waals surface area contributed by atoms with E-state index in [9.17, 15) is 18.0 Å². The van der Waals surface area contributed by atoms with Crippen LogP contribution in [-0.2, 0) is 32.6 Å². The van der Waals surface area contributed by atoms with Crippen LogP contribution in [0.15, 0.2) is 102 Å². The summed E-state index contributed by atoms with van der Waals surface area (Å²) in [5.74, 6) is -1.06. The molecule has 1 unspecified atom stereocenters. The standard InChI is InChI=1S/C32H29Cl4N3O4S/c1-2-37-32(41)30(17-22-9-5-3-6-10-22)38(20-23-13-14-24(33)18-27(23)35)31(40)21-39(29-16-15-25(34)19-28(29)36)44(42,43)26-11-7-4-8-12-26/h3-16,18-19,30H,2,17,20-21H2,1H3,(H,37,41). The summed E-state index contributed by atoms with van der Waals surface area (Å²) in [4.78, 5) is 29.3. The summed E-state index contributed by atoms with van der Waals surface area (Å²) in [6.45, 7) is 1.32. The third kappa shape index (κ3) is 8.25. The lowest BCUT2D eigenvalue weighted by Gasteiger charge is -2.34. The SMILES string of the molecule is CCNC(=O)C(Cc1ccccc1)N(Cc1ccc(Cl)cc1Cl)C(=O)CN(c1ccc(Cl)cc1Cl)S(=O)(=O)c1ccccc1. The minimum Gasteiger partial charge on any atom is -0.355 e. The molecule has 0 aliphatic rings. The highest BCUT2D eigenvalue weighted by Gasteiger charge is 2.35. The zero-order valence-corrected chi connectivity index (χ0v) is 27.4. The second-order valence-electron chi connectivity index (χ2n) is 9.78. The zero-order chi connectivity index (χ0) is 31.9. The van der Waals surface area contributed by atoms with Gasteiger partial charge in [0.25, 0.3) is 10.0 Å². The van der Waals surface area contributed by atoms with Crippen molar-refractivity contribution in [2.75, 3.05) is 17.4 Å². The molecule has 4 rings (SSSR count). The van der Waals surface area contributed by atoms with Crippen molar-refractivity contribution in [3.63, 3.8) is 0 Å². The molecule has 44 heavy (non-hydrogen) atoms. The van der Waals surface area contributed by atoms with Gasteiger partial charge in [0.1, 0.15) is 12.6 Å². The van der Waals surface area contributed by atoms with Crippen molar-refractivity contribution in [3.8, 4) is 0 Å². The fourth-order valence-electron chi connectivity index (χ4n) is 4.60. The summed E-state index contributed by atoms with van der Waals surface area (Å²) < 4.78 is 29.0. The smallest absolute Gasteiger partial charge is 0.264 e. The van der Waals surface area contributed by atoms with Gasteiger partial charge in [-0.25, -0.2) is 8.42 Å². The maximum Gasteiger partial charge on any atom is 0.264 e. The Balaban J connectivity index is 1.83. The first-order valence-electron chi connectivity index (χ1n) is 13.6. The van der Waals surface area contributed by atoms with Gasteiger partial charge in [0.2, 0.25) is 11.8 Å². The summed E-state index contributed by atoms with van der Waals surface area (Å²) in [5.41, 5.74) is 1.38. The normalized spacial score (nSPS) is 11.9. The molecule has 0 radical (unpaired) electrons. The third-order valence-electron chi connectivity index (χ3n) is 6.77. The third-order valence-corrected chi connectivity index (χ3v) is 9.67. The number of carbonyl (C=O) groups excluding carboxylic acids is 2. The second kappa shape index (κ2) is 15.1. The van der Waals surface area contributed by atoms with Crippen LogP contribution < -0.4 is 9.62 Å². The Morgan fingerprint density at radius 2 is 1.39 bits per heavy atom. The Kier molecular flexibility index (Phi) is 11.6. The van der Waals surface area contributed by atoms with Crippen LogP contribution in [0.25, 0.3) is 0 Å².